The lowest BCUT2D eigenvalue weighted by atomic mass is 10.1. The summed E-state index contributed by atoms with van der Waals surface area (Å²) in [5.74, 6) is 0.653. The lowest BCUT2D eigenvalue weighted by molar-refractivity contribution is 0.731. The summed E-state index contributed by atoms with van der Waals surface area (Å²) in [4.78, 5) is 11.9. The minimum Gasteiger partial charge on any atom is -0.292 e. The zero-order valence-electron chi connectivity index (χ0n) is 13.9. The van der Waals surface area contributed by atoms with Gasteiger partial charge < -0.3 is 0 Å². The summed E-state index contributed by atoms with van der Waals surface area (Å²) in [7, 11) is 0. The Morgan fingerprint density at radius 1 is 0.909 bits per heavy atom. The molecule has 1 aliphatic heterocycles. The molecule has 0 bridgehead atoms. The maximum atomic E-state index is 4.15. The maximum absolute atomic E-state index is 4.15. The van der Waals surface area contributed by atoms with Gasteiger partial charge in [-0.1, -0.05) is 25.1 Å². The molecule has 0 N–H and O–H groups in total. The fourth-order valence-corrected chi connectivity index (χ4v) is 1.80. The number of nitrogens with zero attached hydrogens (tertiary/aromatic N) is 3. The smallest absolute Gasteiger partial charge is 0.0449 e. The fraction of sp³-hybridized carbons (Fsp3) is 0.316. The van der Waals surface area contributed by atoms with Crippen molar-refractivity contribution < 1.29 is 0 Å². The van der Waals surface area contributed by atoms with Crippen molar-refractivity contribution in [1.82, 2.24) is 9.97 Å². The molecule has 1 aliphatic rings. The van der Waals surface area contributed by atoms with Crippen LogP contribution in [0, 0.1) is 19.8 Å². The molecule has 0 saturated heterocycles. The number of pyridine rings is 2. The summed E-state index contributed by atoms with van der Waals surface area (Å²) < 4.78 is 0. The molecule has 116 valence electrons. The predicted molar refractivity (Wildman–Crippen MR) is 94.2 cm³/mol. The first-order chi connectivity index (χ1) is 10.6. The van der Waals surface area contributed by atoms with Gasteiger partial charge in [-0.15, -0.1) is 0 Å². The van der Waals surface area contributed by atoms with E-state index in [1.807, 2.05) is 56.7 Å². The Morgan fingerprint density at radius 3 is 1.68 bits per heavy atom. The average molecular weight is 295 g/mol. The minimum atomic E-state index is 0.653. The number of hydrogen-bond acceptors (Lipinski definition) is 3. The van der Waals surface area contributed by atoms with E-state index in [1.54, 1.807) is 12.4 Å². The predicted octanol–water partition coefficient (Wildman–Crippen LogP) is 4.43. The number of dihydropyridines is 1. The molecular weight excluding hydrogens is 270 g/mol. The highest BCUT2D eigenvalue weighted by Gasteiger charge is 1.99. The molecule has 0 aliphatic carbocycles. The lowest BCUT2D eigenvalue weighted by Crippen LogP contribution is -2.01. The number of aryl methyl sites for hydroxylation is 2. The molecule has 22 heavy (non-hydrogen) atoms. The SMILES string of the molecule is CC1=CC(C)CN=C1.Cc1cccnc1.Cc1cccnc1. The summed E-state index contributed by atoms with van der Waals surface area (Å²) in [6.07, 6.45) is 11.4. The summed E-state index contributed by atoms with van der Waals surface area (Å²) in [5, 5.41) is 0. The van der Waals surface area contributed by atoms with Crippen LogP contribution in [0.15, 0.2) is 65.7 Å². The Bertz CT molecular complexity index is 537. The molecule has 0 radical (unpaired) electrons. The van der Waals surface area contributed by atoms with Gasteiger partial charge >= 0.3 is 0 Å². The van der Waals surface area contributed by atoms with Crippen LogP contribution >= 0.6 is 0 Å². The third-order valence-corrected chi connectivity index (χ3v) is 2.85. The van der Waals surface area contributed by atoms with E-state index in [2.05, 4.69) is 34.9 Å². The molecule has 0 fully saturated rings. The fourth-order valence-electron chi connectivity index (χ4n) is 1.80. The van der Waals surface area contributed by atoms with Crippen LogP contribution in [0.2, 0.25) is 0 Å². The minimum absolute atomic E-state index is 0.653. The summed E-state index contributed by atoms with van der Waals surface area (Å²) in [5.41, 5.74) is 3.72. The van der Waals surface area contributed by atoms with Crippen LogP contribution in [-0.4, -0.2) is 22.7 Å². The number of hydrogen-bond donors (Lipinski definition) is 0. The van der Waals surface area contributed by atoms with Gasteiger partial charge in [0.2, 0.25) is 0 Å². The van der Waals surface area contributed by atoms with Crippen molar-refractivity contribution in [2.24, 2.45) is 10.9 Å². The summed E-state index contributed by atoms with van der Waals surface area (Å²) in [6, 6.07) is 7.89. The molecule has 2 aromatic heterocycles. The van der Waals surface area contributed by atoms with Gasteiger partial charge in [-0.2, -0.15) is 0 Å². The summed E-state index contributed by atoms with van der Waals surface area (Å²) in [6.45, 7) is 9.27. The Balaban J connectivity index is 0.000000166. The number of rotatable bonds is 0. The normalized spacial score (nSPS) is 15.6. The van der Waals surface area contributed by atoms with Crippen molar-refractivity contribution in [3.05, 3.63) is 71.8 Å². The van der Waals surface area contributed by atoms with E-state index in [0.29, 0.717) is 5.92 Å². The van der Waals surface area contributed by atoms with Gasteiger partial charge in [0, 0.05) is 37.5 Å². The van der Waals surface area contributed by atoms with Crippen LogP contribution in [0.5, 0.6) is 0 Å². The van der Waals surface area contributed by atoms with Gasteiger partial charge in [0.05, 0.1) is 0 Å². The Kier molecular flexibility index (Phi) is 8.43. The van der Waals surface area contributed by atoms with Crippen molar-refractivity contribution in [1.29, 1.82) is 0 Å². The van der Waals surface area contributed by atoms with Crippen molar-refractivity contribution in [3.8, 4) is 0 Å². The van der Waals surface area contributed by atoms with Gasteiger partial charge in [-0.3, -0.25) is 15.0 Å². The second-order valence-electron chi connectivity index (χ2n) is 5.44. The van der Waals surface area contributed by atoms with E-state index in [4.69, 9.17) is 0 Å². The molecule has 3 nitrogen and oxygen atoms in total. The molecule has 0 amide bonds. The van der Waals surface area contributed by atoms with Crippen molar-refractivity contribution in [3.63, 3.8) is 0 Å². The Hall–Kier alpha value is -2.29. The van der Waals surface area contributed by atoms with E-state index in [0.717, 1.165) is 6.54 Å². The molecule has 2 aromatic rings. The van der Waals surface area contributed by atoms with Crippen LogP contribution in [0.4, 0.5) is 0 Å². The van der Waals surface area contributed by atoms with Gasteiger partial charge in [0.15, 0.2) is 0 Å². The van der Waals surface area contributed by atoms with Crippen LogP contribution in [0.3, 0.4) is 0 Å². The molecule has 0 spiro atoms. The third-order valence-electron chi connectivity index (χ3n) is 2.85. The van der Waals surface area contributed by atoms with Crippen LogP contribution < -0.4 is 0 Å². The highest BCUT2D eigenvalue weighted by atomic mass is 14.7. The molecule has 0 aromatic carbocycles. The lowest BCUT2D eigenvalue weighted by Gasteiger charge is -2.06. The third kappa shape index (κ3) is 8.80. The highest BCUT2D eigenvalue weighted by molar-refractivity contribution is 5.78. The van der Waals surface area contributed by atoms with Gasteiger partial charge in [0.1, 0.15) is 0 Å². The first-order valence-corrected chi connectivity index (χ1v) is 7.49. The van der Waals surface area contributed by atoms with Crippen molar-refractivity contribution in [2.75, 3.05) is 6.54 Å². The van der Waals surface area contributed by atoms with Gasteiger partial charge in [0.25, 0.3) is 0 Å². The van der Waals surface area contributed by atoms with E-state index in [1.165, 1.54) is 16.7 Å². The standard InChI is InChI=1S/C7H11N.2C6H7N/c1-6-3-7(2)5-8-4-6;2*1-6-3-2-4-7-5-6/h3-4,7H,5H2,1-2H3;2*2-5H,1H3. The van der Waals surface area contributed by atoms with E-state index < -0.39 is 0 Å². The quantitative estimate of drug-likeness (QED) is 0.721. The Morgan fingerprint density at radius 2 is 1.45 bits per heavy atom. The second-order valence-corrected chi connectivity index (χ2v) is 5.44. The molecule has 3 rings (SSSR count). The zero-order chi connectivity index (χ0) is 16.2. The topological polar surface area (TPSA) is 38.1 Å². The van der Waals surface area contributed by atoms with Crippen molar-refractivity contribution in [2.45, 2.75) is 27.7 Å². The molecule has 1 unspecified atom stereocenters. The number of aliphatic imine (C=N–C) groups is 1. The van der Waals surface area contributed by atoms with Gasteiger partial charge in [-0.25, -0.2) is 0 Å². The van der Waals surface area contributed by atoms with E-state index >= 15 is 0 Å². The van der Waals surface area contributed by atoms with E-state index in [9.17, 15) is 0 Å². The molecule has 3 heteroatoms. The first-order valence-electron chi connectivity index (χ1n) is 7.49. The van der Waals surface area contributed by atoms with Crippen molar-refractivity contribution >= 4 is 6.21 Å². The highest BCUT2D eigenvalue weighted by Crippen LogP contribution is 2.05. The number of aromatic nitrogens is 2. The molecular formula is C19H25N3. The largest absolute Gasteiger partial charge is 0.292 e. The monoisotopic (exact) mass is 295 g/mol. The average Bonchev–Trinajstić information content (AvgIpc) is 2.50. The van der Waals surface area contributed by atoms with Crippen LogP contribution in [0.1, 0.15) is 25.0 Å². The Labute approximate surface area is 133 Å². The second kappa shape index (κ2) is 10.4. The first kappa shape index (κ1) is 17.8. The zero-order valence-corrected chi connectivity index (χ0v) is 13.9. The molecule has 0 saturated carbocycles. The number of allylic oxidation sites excluding steroid dienone is 1. The van der Waals surface area contributed by atoms with Crippen LogP contribution in [0.25, 0.3) is 0 Å². The van der Waals surface area contributed by atoms with E-state index in [-0.39, 0.29) is 0 Å². The summed E-state index contributed by atoms with van der Waals surface area (Å²) >= 11 is 0. The molecule has 3 heterocycles. The molecule has 1 atom stereocenters. The van der Waals surface area contributed by atoms with Crippen LogP contribution in [-0.2, 0) is 0 Å². The van der Waals surface area contributed by atoms with Gasteiger partial charge in [-0.05, 0) is 55.5 Å². The maximum Gasteiger partial charge on any atom is 0.0449 e.